The minimum Gasteiger partial charge on any atom is -0.442 e. The van der Waals surface area contributed by atoms with E-state index in [1.54, 1.807) is 20.8 Å². The summed E-state index contributed by atoms with van der Waals surface area (Å²) in [5.74, 6) is 0. The first-order valence-electron chi connectivity index (χ1n) is 3.72. The van der Waals surface area contributed by atoms with Crippen molar-refractivity contribution in [3.05, 3.63) is 6.33 Å². The van der Waals surface area contributed by atoms with Crippen molar-refractivity contribution in [2.45, 2.75) is 31.5 Å². The first-order chi connectivity index (χ1) is 5.88. The van der Waals surface area contributed by atoms with Crippen LogP contribution >= 0.6 is 12.6 Å². The minimum absolute atomic E-state index is 0.242. The fourth-order valence-corrected chi connectivity index (χ4v) is 0.799. The summed E-state index contributed by atoms with van der Waals surface area (Å²) in [5, 5.41) is 3.93. The normalized spacial score (nSPS) is 11.4. The minimum atomic E-state index is -0.555. The number of aromatic nitrogens is 3. The van der Waals surface area contributed by atoms with E-state index in [4.69, 9.17) is 4.74 Å². The van der Waals surface area contributed by atoms with Gasteiger partial charge in [-0.3, -0.25) is 0 Å². The Labute approximate surface area is 81.5 Å². The molecule has 1 aromatic heterocycles. The van der Waals surface area contributed by atoms with E-state index >= 15 is 0 Å². The number of carbonyl (C=O) groups excluding carboxylic acids is 1. The van der Waals surface area contributed by atoms with Gasteiger partial charge in [-0.15, -0.1) is 17.7 Å². The number of hydrogen-bond donors (Lipinski definition) is 1. The quantitative estimate of drug-likeness (QED) is 0.644. The molecule has 0 atom stereocenters. The highest BCUT2D eigenvalue weighted by molar-refractivity contribution is 7.80. The zero-order valence-electron chi connectivity index (χ0n) is 7.68. The third-order valence-electron chi connectivity index (χ3n) is 1.06. The maximum absolute atomic E-state index is 11.3. The van der Waals surface area contributed by atoms with Gasteiger partial charge in [0.1, 0.15) is 11.9 Å². The molecule has 1 rings (SSSR count). The lowest BCUT2D eigenvalue weighted by Crippen LogP contribution is -2.27. The van der Waals surface area contributed by atoms with Gasteiger partial charge in [-0.1, -0.05) is 0 Å². The molecule has 1 aromatic rings. The highest BCUT2D eigenvalue weighted by atomic mass is 32.1. The predicted octanol–water partition coefficient (Wildman–Crippen LogP) is 1.35. The van der Waals surface area contributed by atoms with Gasteiger partial charge in [-0.2, -0.15) is 4.68 Å². The lowest BCUT2D eigenvalue weighted by atomic mass is 10.2. The van der Waals surface area contributed by atoms with Crippen LogP contribution in [0.5, 0.6) is 0 Å². The molecule has 0 bridgehead atoms. The van der Waals surface area contributed by atoms with Crippen LogP contribution in [0, 0.1) is 0 Å². The van der Waals surface area contributed by atoms with E-state index in [9.17, 15) is 4.79 Å². The number of carbonyl (C=O) groups is 1. The topological polar surface area (TPSA) is 57.0 Å². The van der Waals surface area contributed by atoms with Crippen LogP contribution in [-0.4, -0.2) is 26.5 Å². The van der Waals surface area contributed by atoms with Crippen molar-refractivity contribution >= 4 is 18.7 Å². The number of nitrogens with zero attached hydrogens (tertiary/aromatic N) is 3. The van der Waals surface area contributed by atoms with Crippen LogP contribution in [0.4, 0.5) is 4.79 Å². The second kappa shape index (κ2) is 3.37. The average Bonchev–Trinajstić information content (AvgIpc) is 2.31. The second-order valence-electron chi connectivity index (χ2n) is 3.47. The number of rotatable bonds is 0. The zero-order chi connectivity index (χ0) is 10.1. The molecule has 72 valence electrons. The third kappa shape index (κ3) is 3.06. The van der Waals surface area contributed by atoms with Crippen molar-refractivity contribution in [2.75, 3.05) is 0 Å². The largest absolute Gasteiger partial charge is 0.442 e. The van der Waals surface area contributed by atoms with Gasteiger partial charge in [-0.05, 0) is 20.8 Å². The van der Waals surface area contributed by atoms with Crippen LogP contribution in [-0.2, 0) is 4.74 Å². The number of ether oxygens (including phenoxy) is 1. The fourth-order valence-electron chi connectivity index (χ4n) is 0.651. The molecule has 0 spiro atoms. The van der Waals surface area contributed by atoms with Gasteiger partial charge in [0.15, 0.2) is 0 Å². The molecular formula is C7H11N3O2S. The van der Waals surface area contributed by atoms with Crippen LogP contribution in [0.3, 0.4) is 0 Å². The van der Waals surface area contributed by atoms with E-state index in [2.05, 4.69) is 22.7 Å². The second-order valence-corrected chi connectivity index (χ2v) is 3.87. The van der Waals surface area contributed by atoms with E-state index in [0.717, 1.165) is 4.68 Å². The first kappa shape index (κ1) is 10.0. The van der Waals surface area contributed by atoms with Gasteiger partial charge < -0.3 is 4.74 Å². The molecule has 6 heteroatoms. The van der Waals surface area contributed by atoms with Gasteiger partial charge >= 0.3 is 6.09 Å². The van der Waals surface area contributed by atoms with Crippen molar-refractivity contribution < 1.29 is 9.53 Å². The van der Waals surface area contributed by atoms with E-state index in [1.807, 2.05) is 0 Å². The fraction of sp³-hybridized carbons (Fsp3) is 0.571. The summed E-state index contributed by atoms with van der Waals surface area (Å²) in [7, 11) is 0. The van der Waals surface area contributed by atoms with E-state index in [1.165, 1.54) is 6.33 Å². The molecule has 0 aliphatic rings. The summed E-state index contributed by atoms with van der Waals surface area (Å²) < 4.78 is 6.03. The van der Waals surface area contributed by atoms with Crippen molar-refractivity contribution in [3.63, 3.8) is 0 Å². The monoisotopic (exact) mass is 201 g/mol. The lowest BCUT2D eigenvalue weighted by molar-refractivity contribution is 0.0512. The zero-order valence-corrected chi connectivity index (χ0v) is 8.58. The van der Waals surface area contributed by atoms with E-state index in [-0.39, 0.29) is 5.16 Å². The molecule has 0 aromatic carbocycles. The van der Waals surface area contributed by atoms with Crippen LogP contribution in [0.25, 0.3) is 0 Å². The van der Waals surface area contributed by atoms with Gasteiger partial charge in [0.05, 0.1) is 0 Å². The first-order valence-corrected chi connectivity index (χ1v) is 4.17. The summed E-state index contributed by atoms with van der Waals surface area (Å²) in [4.78, 5) is 15.0. The van der Waals surface area contributed by atoms with Crippen molar-refractivity contribution in [2.24, 2.45) is 0 Å². The van der Waals surface area contributed by atoms with Gasteiger partial charge in [0, 0.05) is 0 Å². The highest BCUT2D eigenvalue weighted by Crippen LogP contribution is 2.08. The number of thiol groups is 1. The van der Waals surface area contributed by atoms with Crippen LogP contribution in [0.15, 0.2) is 11.5 Å². The molecule has 0 aliphatic carbocycles. The molecule has 0 N–H and O–H groups in total. The summed E-state index contributed by atoms with van der Waals surface area (Å²) >= 11 is 3.86. The smallest absolute Gasteiger partial charge is 0.436 e. The molecule has 0 fully saturated rings. The summed E-state index contributed by atoms with van der Waals surface area (Å²) in [5.41, 5.74) is -0.528. The number of hydrogen-bond acceptors (Lipinski definition) is 5. The Kier molecular flexibility index (Phi) is 2.60. The lowest BCUT2D eigenvalue weighted by Gasteiger charge is -2.18. The van der Waals surface area contributed by atoms with Crippen molar-refractivity contribution in [1.82, 2.24) is 14.8 Å². The van der Waals surface area contributed by atoms with Crippen LogP contribution in [0.1, 0.15) is 20.8 Å². The van der Waals surface area contributed by atoms with Gasteiger partial charge in [-0.25, -0.2) is 9.78 Å². The summed E-state index contributed by atoms with van der Waals surface area (Å²) in [6.45, 7) is 5.34. The van der Waals surface area contributed by atoms with E-state index in [0.29, 0.717) is 0 Å². The molecule has 0 radical (unpaired) electrons. The molecule has 0 saturated carbocycles. The predicted molar refractivity (Wildman–Crippen MR) is 48.9 cm³/mol. The molecule has 13 heavy (non-hydrogen) atoms. The maximum atomic E-state index is 11.3. The summed E-state index contributed by atoms with van der Waals surface area (Å²) in [6, 6.07) is 0. The van der Waals surface area contributed by atoms with Gasteiger partial charge in [0.25, 0.3) is 0 Å². The Bertz CT molecular complexity index is 316. The van der Waals surface area contributed by atoms with Gasteiger partial charge in [0.2, 0.25) is 5.16 Å². The van der Waals surface area contributed by atoms with Crippen LogP contribution < -0.4 is 0 Å². The van der Waals surface area contributed by atoms with Crippen molar-refractivity contribution in [3.8, 4) is 0 Å². The Balaban J connectivity index is 2.70. The molecule has 0 saturated heterocycles. The highest BCUT2D eigenvalue weighted by Gasteiger charge is 2.18. The van der Waals surface area contributed by atoms with E-state index < -0.39 is 11.7 Å². The Hall–Kier alpha value is -1.04. The molecular weight excluding hydrogens is 190 g/mol. The SMILES string of the molecule is CC(C)(C)OC(=O)n1cnc(S)n1. The maximum Gasteiger partial charge on any atom is 0.436 e. The molecule has 1 heterocycles. The average molecular weight is 201 g/mol. The Morgan fingerprint density at radius 2 is 2.23 bits per heavy atom. The standard InChI is InChI=1S/C7H11N3O2S/c1-7(2,3)12-6(11)10-4-8-5(13)9-10/h4H,1-3H3,(H,9,13). The summed E-state index contributed by atoms with van der Waals surface area (Å²) in [6.07, 6.45) is 0.705. The van der Waals surface area contributed by atoms with Crippen molar-refractivity contribution in [1.29, 1.82) is 0 Å². The third-order valence-corrected chi connectivity index (χ3v) is 1.27. The Morgan fingerprint density at radius 1 is 1.62 bits per heavy atom. The molecule has 5 nitrogen and oxygen atoms in total. The molecule has 0 aliphatic heterocycles. The molecule has 0 amide bonds. The molecule has 0 unspecified atom stereocenters. The van der Waals surface area contributed by atoms with Crippen LogP contribution in [0.2, 0.25) is 0 Å². The Morgan fingerprint density at radius 3 is 2.62 bits per heavy atom.